The molecule has 2 rings (SSSR count). The van der Waals surface area contributed by atoms with E-state index < -0.39 is 0 Å². The van der Waals surface area contributed by atoms with E-state index in [9.17, 15) is 9.59 Å². The normalized spacial score (nSPS) is 18.6. The number of rotatable bonds is 3. The summed E-state index contributed by atoms with van der Waals surface area (Å²) in [5, 5.41) is 2.65. The van der Waals surface area contributed by atoms with Crippen molar-refractivity contribution in [2.75, 3.05) is 5.32 Å². The summed E-state index contributed by atoms with van der Waals surface area (Å²) in [6.07, 6.45) is 9.46. The van der Waals surface area contributed by atoms with Gasteiger partial charge in [-0.05, 0) is 47.2 Å². The molecule has 1 aliphatic rings. The van der Waals surface area contributed by atoms with Gasteiger partial charge in [-0.3, -0.25) is 9.59 Å². The molecule has 0 bridgehead atoms. The Hall–Kier alpha value is -1.36. The molecule has 0 aliphatic heterocycles. The topological polar surface area (TPSA) is 62.0 Å². The van der Waals surface area contributed by atoms with Crippen LogP contribution in [0.4, 0.5) is 5.69 Å². The van der Waals surface area contributed by atoms with Gasteiger partial charge in [-0.25, -0.2) is 0 Å². The summed E-state index contributed by atoms with van der Waals surface area (Å²) < 4.78 is 0.731. The van der Waals surface area contributed by atoms with Crippen LogP contribution < -0.4 is 10.9 Å². The van der Waals surface area contributed by atoms with Crippen LogP contribution in [0.15, 0.2) is 33.7 Å². The molecule has 1 atom stereocenters. The van der Waals surface area contributed by atoms with Gasteiger partial charge in [-0.15, -0.1) is 0 Å². The van der Waals surface area contributed by atoms with Gasteiger partial charge in [0, 0.05) is 17.1 Å². The standard InChI is InChI=1S/C13H15BrN2O2/c14-10-7-11(13(18)15-8-10)16-12(17)6-9-4-2-1-3-5-9/h2,4,7-9H,1,3,5-6H2,(H,15,18)(H,16,17). The van der Waals surface area contributed by atoms with Crippen LogP contribution >= 0.6 is 15.9 Å². The van der Waals surface area contributed by atoms with Gasteiger partial charge in [-0.2, -0.15) is 0 Å². The third-order valence-electron chi connectivity index (χ3n) is 2.94. The van der Waals surface area contributed by atoms with Gasteiger partial charge in [0.05, 0.1) is 0 Å². The average Bonchev–Trinajstić information content (AvgIpc) is 2.35. The smallest absolute Gasteiger partial charge is 0.271 e. The van der Waals surface area contributed by atoms with E-state index in [4.69, 9.17) is 0 Å². The SMILES string of the molecule is O=C(CC1C=CCCC1)Nc1cc(Br)c[nH]c1=O. The van der Waals surface area contributed by atoms with Crippen molar-refractivity contribution in [3.63, 3.8) is 0 Å². The zero-order valence-corrected chi connectivity index (χ0v) is 11.5. The van der Waals surface area contributed by atoms with Gasteiger partial charge in [0.25, 0.3) is 5.56 Å². The highest BCUT2D eigenvalue weighted by atomic mass is 79.9. The number of carbonyl (C=O) groups excluding carboxylic acids is 1. The van der Waals surface area contributed by atoms with Crippen molar-refractivity contribution in [3.05, 3.63) is 39.2 Å². The first-order chi connectivity index (χ1) is 8.65. The Labute approximate surface area is 114 Å². The third kappa shape index (κ3) is 3.57. The van der Waals surface area contributed by atoms with Gasteiger partial charge >= 0.3 is 0 Å². The van der Waals surface area contributed by atoms with Gasteiger partial charge in [0.2, 0.25) is 5.91 Å². The van der Waals surface area contributed by atoms with Crippen molar-refractivity contribution in [1.82, 2.24) is 4.98 Å². The molecule has 1 heterocycles. The molecule has 1 amide bonds. The summed E-state index contributed by atoms with van der Waals surface area (Å²) in [5.41, 5.74) is -0.0000923. The number of allylic oxidation sites excluding steroid dienone is 2. The molecule has 1 aromatic rings. The predicted molar refractivity (Wildman–Crippen MR) is 74.5 cm³/mol. The summed E-state index contributed by atoms with van der Waals surface area (Å²) in [7, 11) is 0. The quantitative estimate of drug-likeness (QED) is 0.843. The molecular weight excluding hydrogens is 296 g/mol. The number of pyridine rings is 1. The van der Waals surface area contributed by atoms with Crippen LogP contribution in [0.5, 0.6) is 0 Å². The molecule has 1 unspecified atom stereocenters. The molecule has 0 aromatic carbocycles. The number of hydrogen-bond donors (Lipinski definition) is 2. The number of carbonyl (C=O) groups is 1. The Balaban J connectivity index is 1.98. The second-order valence-electron chi connectivity index (χ2n) is 4.43. The number of aromatic amines is 1. The zero-order chi connectivity index (χ0) is 13.0. The minimum absolute atomic E-state index is 0.116. The van der Waals surface area contributed by atoms with E-state index in [1.54, 1.807) is 12.3 Å². The number of halogens is 1. The van der Waals surface area contributed by atoms with Crippen molar-refractivity contribution in [1.29, 1.82) is 0 Å². The van der Waals surface area contributed by atoms with E-state index >= 15 is 0 Å². The first kappa shape index (κ1) is 13.1. The predicted octanol–water partition coefficient (Wildman–Crippen LogP) is 2.82. The first-order valence-corrected chi connectivity index (χ1v) is 6.79. The second kappa shape index (κ2) is 6.00. The van der Waals surface area contributed by atoms with Crippen molar-refractivity contribution >= 4 is 27.5 Å². The Kier molecular flexibility index (Phi) is 4.36. The lowest BCUT2D eigenvalue weighted by atomic mass is 9.93. The van der Waals surface area contributed by atoms with Gasteiger partial charge in [0.1, 0.15) is 5.69 Å². The minimum atomic E-state index is -0.286. The van der Waals surface area contributed by atoms with Crippen molar-refractivity contribution in [2.24, 2.45) is 5.92 Å². The summed E-state index contributed by atoms with van der Waals surface area (Å²) in [6, 6.07) is 1.60. The van der Waals surface area contributed by atoms with E-state index in [0.717, 1.165) is 23.7 Å². The maximum atomic E-state index is 11.8. The van der Waals surface area contributed by atoms with E-state index in [2.05, 4.69) is 38.4 Å². The second-order valence-corrected chi connectivity index (χ2v) is 5.35. The number of nitrogens with one attached hydrogen (secondary N) is 2. The summed E-state index contributed by atoms with van der Waals surface area (Å²) in [6.45, 7) is 0. The molecule has 0 saturated heterocycles. The summed E-state index contributed by atoms with van der Waals surface area (Å²) in [5.74, 6) is 0.181. The van der Waals surface area contributed by atoms with E-state index in [0.29, 0.717) is 12.3 Å². The molecule has 1 aromatic heterocycles. The van der Waals surface area contributed by atoms with Gasteiger partial charge < -0.3 is 10.3 Å². The van der Waals surface area contributed by atoms with Crippen LogP contribution in [-0.4, -0.2) is 10.9 Å². The highest BCUT2D eigenvalue weighted by molar-refractivity contribution is 9.10. The maximum absolute atomic E-state index is 11.8. The van der Waals surface area contributed by atoms with Crippen LogP contribution in [0.1, 0.15) is 25.7 Å². The molecule has 2 N–H and O–H groups in total. The molecule has 0 saturated carbocycles. The molecule has 1 aliphatic carbocycles. The molecule has 0 spiro atoms. The molecular formula is C13H15BrN2O2. The van der Waals surface area contributed by atoms with Crippen molar-refractivity contribution in [2.45, 2.75) is 25.7 Å². The number of aromatic nitrogens is 1. The molecule has 5 heteroatoms. The molecule has 0 fully saturated rings. The van der Waals surface area contributed by atoms with Gasteiger partial charge in [-0.1, -0.05) is 12.2 Å². The fourth-order valence-corrected chi connectivity index (χ4v) is 2.39. The number of amides is 1. The Morgan fingerprint density at radius 3 is 3.11 bits per heavy atom. The van der Waals surface area contributed by atoms with Crippen LogP contribution in [0.25, 0.3) is 0 Å². The lowest BCUT2D eigenvalue weighted by molar-refractivity contribution is -0.116. The highest BCUT2D eigenvalue weighted by Crippen LogP contribution is 2.20. The Bertz CT molecular complexity index is 522. The van der Waals surface area contributed by atoms with E-state index in [1.165, 1.54) is 0 Å². The van der Waals surface area contributed by atoms with Crippen LogP contribution in [0.3, 0.4) is 0 Å². The van der Waals surface area contributed by atoms with Crippen molar-refractivity contribution < 1.29 is 4.79 Å². The highest BCUT2D eigenvalue weighted by Gasteiger charge is 2.14. The number of anilines is 1. The lowest BCUT2D eigenvalue weighted by Gasteiger charge is -2.15. The monoisotopic (exact) mass is 310 g/mol. The van der Waals surface area contributed by atoms with Crippen molar-refractivity contribution in [3.8, 4) is 0 Å². The number of H-pyrrole nitrogens is 1. The number of hydrogen-bond acceptors (Lipinski definition) is 2. The fourth-order valence-electron chi connectivity index (χ4n) is 2.04. The Morgan fingerprint density at radius 1 is 1.56 bits per heavy atom. The summed E-state index contributed by atoms with van der Waals surface area (Å²) in [4.78, 5) is 25.9. The van der Waals surface area contributed by atoms with Crippen LogP contribution in [0.2, 0.25) is 0 Å². The Morgan fingerprint density at radius 2 is 2.39 bits per heavy atom. The lowest BCUT2D eigenvalue weighted by Crippen LogP contribution is -2.21. The first-order valence-electron chi connectivity index (χ1n) is 6.00. The van der Waals surface area contributed by atoms with E-state index in [1.807, 2.05) is 0 Å². The molecule has 4 nitrogen and oxygen atoms in total. The van der Waals surface area contributed by atoms with Crippen LogP contribution in [-0.2, 0) is 4.79 Å². The van der Waals surface area contributed by atoms with Crippen LogP contribution in [0, 0.1) is 5.92 Å². The molecule has 96 valence electrons. The molecule has 18 heavy (non-hydrogen) atoms. The van der Waals surface area contributed by atoms with E-state index in [-0.39, 0.29) is 17.2 Å². The minimum Gasteiger partial charge on any atom is -0.326 e. The molecule has 0 radical (unpaired) electrons. The summed E-state index contributed by atoms with van der Waals surface area (Å²) >= 11 is 3.25. The maximum Gasteiger partial charge on any atom is 0.271 e. The van der Waals surface area contributed by atoms with Gasteiger partial charge in [0.15, 0.2) is 0 Å². The zero-order valence-electron chi connectivity index (χ0n) is 9.91. The largest absolute Gasteiger partial charge is 0.326 e. The average molecular weight is 311 g/mol. The fraction of sp³-hybridized carbons (Fsp3) is 0.385. The third-order valence-corrected chi connectivity index (χ3v) is 3.40.